The maximum absolute atomic E-state index is 14.9. The normalized spacial score (nSPS) is 27.4. The van der Waals surface area contributed by atoms with Crippen LogP contribution in [-0.4, -0.2) is 55.9 Å². The van der Waals surface area contributed by atoms with Crippen molar-refractivity contribution in [1.29, 1.82) is 0 Å². The van der Waals surface area contributed by atoms with Gasteiger partial charge in [0.25, 0.3) is 0 Å². The monoisotopic (exact) mass is 406 g/mol. The lowest BCUT2D eigenvalue weighted by Gasteiger charge is -2.39. The van der Waals surface area contributed by atoms with E-state index in [4.69, 9.17) is 20.4 Å². The quantitative estimate of drug-likeness (QED) is 0.660. The van der Waals surface area contributed by atoms with Gasteiger partial charge in [-0.15, -0.1) is 0 Å². The number of rotatable bonds is 5. The second kappa shape index (κ2) is 8.12. The summed E-state index contributed by atoms with van der Waals surface area (Å²) >= 11 is 0. The molecule has 1 fully saturated rings. The molecule has 7 heteroatoms. The molecular formula is C23H25B2FO4. The molecule has 2 aromatic rings. The summed E-state index contributed by atoms with van der Waals surface area (Å²) in [7, 11) is 12.2. The van der Waals surface area contributed by atoms with E-state index in [-0.39, 0.29) is 18.6 Å². The largest absolute Gasteiger partial charge is 0.394 e. The first-order chi connectivity index (χ1) is 14.2. The molecule has 154 valence electrons. The molecule has 0 bridgehead atoms. The Balaban J connectivity index is 1.68. The SMILES string of the molecule is [B]C1([B])Cc2ccc(Cc3cc([C@@H]4O[C@H](CO)C[C@H](O)[C@H]4O)c(F)cc3CC)cc21. The fourth-order valence-electron chi connectivity index (χ4n) is 4.56. The van der Waals surface area contributed by atoms with Gasteiger partial charge in [0.1, 0.15) is 18.0 Å². The zero-order chi connectivity index (χ0) is 21.6. The highest BCUT2D eigenvalue weighted by Crippen LogP contribution is 2.38. The number of hydrogen-bond acceptors (Lipinski definition) is 4. The van der Waals surface area contributed by atoms with E-state index in [1.54, 1.807) is 6.07 Å². The van der Waals surface area contributed by atoms with Gasteiger partial charge < -0.3 is 20.1 Å². The Morgan fingerprint density at radius 1 is 1.17 bits per heavy atom. The molecule has 4 radical (unpaired) electrons. The summed E-state index contributed by atoms with van der Waals surface area (Å²) in [5, 5.41) is 29.2. The summed E-state index contributed by atoms with van der Waals surface area (Å²) in [5.41, 5.74) is 5.03. The Labute approximate surface area is 178 Å². The van der Waals surface area contributed by atoms with E-state index in [9.17, 15) is 19.7 Å². The van der Waals surface area contributed by atoms with Crippen LogP contribution in [0.5, 0.6) is 0 Å². The maximum atomic E-state index is 14.9. The number of halogens is 1. The predicted octanol–water partition coefficient (Wildman–Crippen LogP) is 1.57. The summed E-state index contributed by atoms with van der Waals surface area (Å²) in [5.74, 6) is -0.495. The molecule has 0 saturated carbocycles. The molecule has 1 aliphatic heterocycles. The van der Waals surface area contributed by atoms with E-state index in [2.05, 4.69) is 0 Å². The third kappa shape index (κ3) is 3.84. The fraction of sp³-hybridized carbons (Fsp3) is 0.478. The topological polar surface area (TPSA) is 69.9 Å². The lowest BCUT2D eigenvalue weighted by molar-refractivity contribution is -0.180. The van der Waals surface area contributed by atoms with E-state index in [1.807, 2.05) is 25.1 Å². The van der Waals surface area contributed by atoms with Crippen LogP contribution in [0.15, 0.2) is 30.3 Å². The minimum atomic E-state index is -1.27. The lowest BCUT2D eigenvalue weighted by atomic mass is 9.42. The van der Waals surface area contributed by atoms with Crippen molar-refractivity contribution in [2.24, 2.45) is 0 Å². The molecule has 4 rings (SSSR count). The van der Waals surface area contributed by atoms with Crippen molar-refractivity contribution >= 4 is 15.7 Å². The van der Waals surface area contributed by atoms with Crippen LogP contribution in [0.1, 0.15) is 52.8 Å². The van der Waals surface area contributed by atoms with Crippen LogP contribution in [0.4, 0.5) is 4.39 Å². The number of ether oxygens (including phenoxy) is 1. The molecule has 4 nitrogen and oxygen atoms in total. The average Bonchev–Trinajstić information content (AvgIpc) is 2.71. The van der Waals surface area contributed by atoms with Crippen LogP contribution in [0.2, 0.25) is 0 Å². The number of benzene rings is 2. The van der Waals surface area contributed by atoms with Gasteiger partial charge in [-0.25, -0.2) is 4.39 Å². The van der Waals surface area contributed by atoms with Gasteiger partial charge >= 0.3 is 0 Å². The van der Waals surface area contributed by atoms with Crippen molar-refractivity contribution in [3.63, 3.8) is 0 Å². The van der Waals surface area contributed by atoms with E-state index < -0.39 is 35.4 Å². The summed E-state index contributed by atoms with van der Waals surface area (Å²) in [6.07, 6.45) is -2.12. The minimum absolute atomic E-state index is 0.102. The Hall–Kier alpha value is -1.66. The number of aliphatic hydroxyl groups is 3. The van der Waals surface area contributed by atoms with Crippen LogP contribution in [0.25, 0.3) is 0 Å². The van der Waals surface area contributed by atoms with Crippen LogP contribution >= 0.6 is 0 Å². The Morgan fingerprint density at radius 2 is 1.93 bits per heavy atom. The maximum Gasteiger partial charge on any atom is 0.129 e. The summed E-state index contributed by atoms with van der Waals surface area (Å²) < 4.78 is 20.6. The summed E-state index contributed by atoms with van der Waals surface area (Å²) in [6.45, 7) is 1.65. The van der Waals surface area contributed by atoms with Crippen LogP contribution in [0.3, 0.4) is 0 Å². The third-order valence-corrected chi connectivity index (χ3v) is 6.31. The molecule has 1 saturated heterocycles. The number of aliphatic hydroxyl groups excluding tert-OH is 3. The van der Waals surface area contributed by atoms with Crippen LogP contribution < -0.4 is 0 Å². The number of aryl methyl sites for hydroxylation is 1. The second-order valence-corrected chi connectivity index (χ2v) is 8.54. The van der Waals surface area contributed by atoms with Crippen molar-refractivity contribution in [2.45, 2.75) is 62.2 Å². The predicted molar refractivity (Wildman–Crippen MR) is 113 cm³/mol. The van der Waals surface area contributed by atoms with Gasteiger partial charge in [0.2, 0.25) is 0 Å². The highest BCUT2D eigenvalue weighted by Gasteiger charge is 2.39. The standard InChI is InChI=1S/C23H25B2FO4/c1-2-13-8-19(26)17(22-21(29)20(28)9-16(11-27)30-22)7-15(13)5-12-3-4-14-10-23(24,25)18(14)6-12/h3-4,6-8,16,20-22,27-29H,2,5,9-11H2,1H3/t16-,20-,21+,22-/m0/s1. The van der Waals surface area contributed by atoms with Crippen LogP contribution in [-0.2, 0) is 29.2 Å². The second-order valence-electron chi connectivity index (χ2n) is 8.54. The van der Waals surface area contributed by atoms with Crippen molar-refractivity contribution < 1.29 is 24.4 Å². The zero-order valence-corrected chi connectivity index (χ0v) is 17.0. The smallest absolute Gasteiger partial charge is 0.129 e. The molecule has 2 aromatic carbocycles. The van der Waals surface area contributed by atoms with Crippen molar-refractivity contribution in [2.75, 3.05) is 6.61 Å². The van der Waals surface area contributed by atoms with Gasteiger partial charge in [0, 0.05) is 12.0 Å². The first-order valence-electron chi connectivity index (χ1n) is 10.4. The van der Waals surface area contributed by atoms with Gasteiger partial charge in [-0.05, 0) is 53.6 Å². The van der Waals surface area contributed by atoms with Crippen molar-refractivity contribution in [1.82, 2.24) is 0 Å². The Bertz CT molecular complexity index is 949. The molecule has 4 atom stereocenters. The first kappa shape index (κ1) is 21.6. The van der Waals surface area contributed by atoms with Crippen molar-refractivity contribution in [3.8, 4) is 0 Å². The zero-order valence-electron chi connectivity index (χ0n) is 17.0. The van der Waals surface area contributed by atoms with E-state index >= 15 is 0 Å². The van der Waals surface area contributed by atoms with Gasteiger partial charge in [-0.1, -0.05) is 35.9 Å². The number of fused-ring (bicyclic) bond motifs is 1. The van der Waals surface area contributed by atoms with E-state index in [1.165, 1.54) is 6.07 Å². The highest BCUT2D eigenvalue weighted by molar-refractivity contribution is 6.41. The molecular weight excluding hydrogens is 381 g/mol. The fourth-order valence-corrected chi connectivity index (χ4v) is 4.56. The first-order valence-corrected chi connectivity index (χ1v) is 10.4. The number of hydrogen-bond donors (Lipinski definition) is 3. The molecule has 0 spiro atoms. The molecule has 2 aliphatic rings. The van der Waals surface area contributed by atoms with E-state index in [0.717, 1.165) is 27.8 Å². The molecule has 30 heavy (non-hydrogen) atoms. The molecule has 3 N–H and O–H groups in total. The molecule has 0 unspecified atom stereocenters. The van der Waals surface area contributed by atoms with E-state index in [0.29, 0.717) is 19.3 Å². The van der Waals surface area contributed by atoms with Crippen molar-refractivity contribution in [3.05, 3.63) is 69.5 Å². The van der Waals surface area contributed by atoms with Gasteiger partial charge in [0.15, 0.2) is 0 Å². The average molecular weight is 406 g/mol. The minimum Gasteiger partial charge on any atom is -0.394 e. The lowest BCUT2D eigenvalue weighted by Crippen LogP contribution is -2.45. The van der Waals surface area contributed by atoms with Gasteiger partial charge in [0.05, 0.1) is 34.5 Å². The van der Waals surface area contributed by atoms with Gasteiger partial charge in [-0.3, -0.25) is 0 Å². The molecule has 0 amide bonds. The molecule has 1 aliphatic carbocycles. The summed E-state index contributed by atoms with van der Waals surface area (Å²) in [4.78, 5) is 0. The summed E-state index contributed by atoms with van der Waals surface area (Å²) in [6, 6.07) is 9.21. The van der Waals surface area contributed by atoms with Gasteiger partial charge in [-0.2, -0.15) is 0 Å². The third-order valence-electron chi connectivity index (χ3n) is 6.31. The highest BCUT2D eigenvalue weighted by atomic mass is 19.1. The Kier molecular flexibility index (Phi) is 5.84. The van der Waals surface area contributed by atoms with Crippen LogP contribution in [0, 0.1) is 5.82 Å². The molecule has 1 heterocycles. The Morgan fingerprint density at radius 3 is 2.60 bits per heavy atom. The molecule has 0 aromatic heterocycles.